The van der Waals surface area contributed by atoms with Gasteiger partial charge in [-0.1, -0.05) is 0 Å². The van der Waals surface area contributed by atoms with Crippen molar-refractivity contribution in [2.75, 3.05) is 13.1 Å². The third-order valence-electron chi connectivity index (χ3n) is 1.69. The minimum absolute atomic E-state index is 0.478. The highest BCUT2D eigenvalue weighted by atomic mass is 14.9. The van der Waals surface area contributed by atoms with Gasteiger partial charge in [0.2, 0.25) is 0 Å². The maximum absolute atomic E-state index is 5.45. The van der Waals surface area contributed by atoms with Gasteiger partial charge in [0.15, 0.2) is 0 Å². The smallest absolute Gasteiger partial charge is 0.0909 e. The Kier molecular flexibility index (Phi) is 2.68. The van der Waals surface area contributed by atoms with Crippen LogP contribution in [0.5, 0.6) is 0 Å². The number of hydrogen-bond donors (Lipinski definition) is 2. The van der Waals surface area contributed by atoms with E-state index in [1.165, 1.54) is 0 Å². The van der Waals surface area contributed by atoms with Crippen LogP contribution >= 0.6 is 0 Å². The Morgan fingerprint density at radius 1 is 1.50 bits per heavy atom. The average Bonchev–Trinajstić information content (AvgIpc) is 1.88. The summed E-state index contributed by atoms with van der Waals surface area (Å²) < 4.78 is 0. The Bertz CT molecular complexity index is 121. The predicted octanol–water partition coefficient (Wildman–Crippen LogP) is 0.115. The van der Waals surface area contributed by atoms with E-state index in [0.717, 1.165) is 25.9 Å². The van der Waals surface area contributed by atoms with Gasteiger partial charge in [0.05, 0.1) is 11.9 Å². The summed E-state index contributed by atoms with van der Waals surface area (Å²) in [5.41, 5.74) is 5.45. The normalized spacial score (nSPS) is 23.1. The van der Waals surface area contributed by atoms with Crippen molar-refractivity contribution in [1.82, 2.24) is 5.32 Å². The summed E-state index contributed by atoms with van der Waals surface area (Å²) in [4.78, 5) is 4.29. The van der Waals surface area contributed by atoms with E-state index in [1.54, 1.807) is 0 Å². The van der Waals surface area contributed by atoms with E-state index in [4.69, 9.17) is 5.73 Å². The molecule has 0 aromatic heterocycles. The molecule has 0 atom stereocenters. The Balaban J connectivity index is 2.33. The Morgan fingerprint density at radius 3 is 2.60 bits per heavy atom. The molecule has 0 radical (unpaired) electrons. The minimum Gasteiger partial charge on any atom is -0.388 e. The Morgan fingerprint density at radius 2 is 2.10 bits per heavy atom. The molecule has 0 aromatic rings. The van der Waals surface area contributed by atoms with Gasteiger partial charge >= 0.3 is 0 Å². The van der Waals surface area contributed by atoms with Gasteiger partial charge in [-0.3, -0.25) is 4.99 Å². The van der Waals surface area contributed by atoms with Gasteiger partial charge in [-0.05, 0) is 32.9 Å². The van der Waals surface area contributed by atoms with Crippen LogP contribution in [0.3, 0.4) is 0 Å². The molecule has 58 valence electrons. The molecule has 1 rings (SSSR count). The van der Waals surface area contributed by atoms with Crippen LogP contribution in [0.2, 0.25) is 0 Å². The van der Waals surface area contributed by atoms with Crippen LogP contribution in [0.4, 0.5) is 0 Å². The van der Waals surface area contributed by atoms with Crippen molar-refractivity contribution in [3.05, 3.63) is 0 Å². The number of aliphatic imine (C=N–C) groups is 1. The topological polar surface area (TPSA) is 50.4 Å². The van der Waals surface area contributed by atoms with Crippen LogP contribution in [0.1, 0.15) is 19.8 Å². The summed E-state index contributed by atoms with van der Waals surface area (Å²) in [5.74, 6) is 0.715. The van der Waals surface area contributed by atoms with Gasteiger partial charge in [0, 0.05) is 0 Å². The monoisotopic (exact) mass is 141 g/mol. The molecule has 0 amide bonds. The van der Waals surface area contributed by atoms with Crippen molar-refractivity contribution in [3.63, 3.8) is 0 Å². The van der Waals surface area contributed by atoms with E-state index >= 15 is 0 Å². The highest BCUT2D eigenvalue weighted by Crippen LogP contribution is 2.05. The molecule has 3 heteroatoms. The predicted molar refractivity (Wildman–Crippen MR) is 43.2 cm³/mol. The maximum atomic E-state index is 5.45. The lowest BCUT2D eigenvalue weighted by molar-refractivity contribution is 0.459. The SMILES string of the molecule is CC(N)=NC1CCNCC1. The molecule has 3 N–H and O–H groups in total. The summed E-state index contributed by atoms with van der Waals surface area (Å²) in [5, 5.41) is 3.28. The van der Waals surface area contributed by atoms with Crippen molar-refractivity contribution in [1.29, 1.82) is 0 Å². The van der Waals surface area contributed by atoms with E-state index in [9.17, 15) is 0 Å². The molecule has 1 aliphatic rings. The summed E-state index contributed by atoms with van der Waals surface area (Å²) in [6, 6.07) is 0.478. The Labute approximate surface area is 61.7 Å². The first-order chi connectivity index (χ1) is 4.79. The van der Waals surface area contributed by atoms with Crippen molar-refractivity contribution in [3.8, 4) is 0 Å². The molecule has 1 aliphatic heterocycles. The van der Waals surface area contributed by atoms with Crippen molar-refractivity contribution in [2.24, 2.45) is 10.7 Å². The van der Waals surface area contributed by atoms with E-state index < -0.39 is 0 Å². The van der Waals surface area contributed by atoms with Crippen molar-refractivity contribution in [2.45, 2.75) is 25.8 Å². The first kappa shape index (κ1) is 7.54. The number of nitrogens with one attached hydrogen (secondary N) is 1. The number of nitrogens with zero attached hydrogens (tertiary/aromatic N) is 1. The fourth-order valence-electron chi connectivity index (χ4n) is 1.22. The molecule has 0 spiro atoms. The highest BCUT2D eigenvalue weighted by molar-refractivity contribution is 5.77. The second kappa shape index (κ2) is 3.56. The fourth-order valence-corrected chi connectivity index (χ4v) is 1.22. The summed E-state index contributed by atoms with van der Waals surface area (Å²) in [6.07, 6.45) is 2.27. The van der Waals surface area contributed by atoms with Gasteiger partial charge in [-0.15, -0.1) is 0 Å². The van der Waals surface area contributed by atoms with Crippen molar-refractivity contribution >= 4 is 5.84 Å². The standard InChI is InChI=1S/C7H15N3/c1-6(8)10-7-2-4-9-5-3-7/h7,9H,2-5H2,1H3,(H2,8,10). The van der Waals surface area contributed by atoms with E-state index in [2.05, 4.69) is 10.3 Å². The molecule has 3 nitrogen and oxygen atoms in total. The van der Waals surface area contributed by atoms with E-state index in [-0.39, 0.29) is 0 Å². The lowest BCUT2D eigenvalue weighted by Crippen LogP contribution is -2.30. The lowest BCUT2D eigenvalue weighted by Gasteiger charge is -2.18. The van der Waals surface area contributed by atoms with Crippen molar-refractivity contribution < 1.29 is 0 Å². The largest absolute Gasteiger partial charge is 0.388 e. The summed E-state index contributed by atoms with van der Waals surface area (Å²) in [6.45, 7) is 4.02. The number of nitrogens with two attached hydrogens (primary N) is 1. The molecule has 0 bridgehead atoms. The summed E-state index contributed by atoms with van der Waals surface area (Å²) in [7, 11) is 0. The average molecular weight is 141 g/mol. The third-order valence-corrected chi connectivity index (χ3v) is 1.69. The van der Waals surface area contributed by atoms with Crippen LogP contribution in [-0.2, 0) is 0 Å². The molecule has 1 saturated heterocycles. The molecule has 0 unspecified atom stereocenters. The lowest BCUT2D eigenvalue weighted by atomic mass is 10.1. The maximum Gasteiger partial charge on any atom is 0.0909 e. The molecule has 1 heterocycles. The molecule has 1 fully saturated rings. The number of amidine groups is 1. The minimum atomic E-state index is 0.478. The third kappa shape index (κ3) is 2.35. The van der Waals surface area contributed by atoms with Gasteiger partial charge in [-0.2, -0.15) is 0 Å². The second-order valence-electron chi connectivity index (χ2n) is 2.75. The van der Waals surface area contributed by atoms with Crippen LogP contribution < -0.4 is 11.1 Å². The second-order valence-corrected chi connectivity index (χ2v) is 2.75. The van der Waals surface area contributed by atoms with Crippen LogP contribution in [0.25, 0.3) is 0 Å². The van der Waals surface area contributed by atoms with E-state index in [0.29, 0.717) is 11.9 Å². The van der Waals surface area contributed by atoms with E-state index in [1.807, 2.05) is 6.92 Å². The van der Waals surface area contributed by atoms with Crippen LogP contribution in [0.15, 0.2) is 4.99 Å². The van der Waals surface area contributed by atoms with Crippen LogP contribution in [-0.4, -0.2) is 25.0 Å². The zero-order valence-corrected chi connectivity index (χ0v) is 6.43. The van der Waals surface area contributed by atoms with Gasteiger partial charge in [0.1, 0.15) is 0 Å². The van der Waals surface area contributed by atoms with Crippen LogP contribution in [0, 0.1) is 0 Å². The molecular formula is C7H15N3. The zero-order valence-electron chi connectivity index (χ0n) is 6.43. The quantitative estimate of drug-likeness (QED) is 0.402. The fraction of sp³-hybridized carbons (Fsp3) is 0.857. The zero-order chi connectivity index (χ0) is 7.40. The summed E-state index contributed by atoms with van der Waals surface area (Å²) >= 11 is 0. The molecule has 10 heavy (non-hydrogen) atoms. The van der Waals surface area contributed by atoms with Gasteiger partial charge in [-0.25, -0.2) is 0 Å². The molecule has 0 aromatic carbocycles. The molecule has 0 saturated carbocycles. The number of piperidine rings is 1. The van der Waals surface area contributed by atoms with Gasteiger partial charge in [0.25, 0.3) is 0 Å². The first-order valence-corrected chi connectivity index (χ1v) is 3.79. The van der Waals surface area contributed by atoms with Gasteiger partial charge < -0.3 is 11.1 Å². The Hall–Kier alpha value is -0.570. The number of rotatable bonds is 1. The highest BCUT2D eigenvalue weighted by Gasteiger charge is 2.10. The number of hydrogen-bond acceptors (Lipinski definition) is 2. The first-order valence-electron chi connectivity index (χ1n) is 3.79. The molecular weight excluding hydrogens is 126 g/mol. The molecule has 0 aliphatic carbocycles.